The predicted molar refractivity (Wildman–Crippen MR) is 101 cm³/mol. The van der Waals surface area contributed by atoms with E-state index in [4.69, 9.17) is 21.1 Å². The zero-order valence-electron chi connectivity index (χ0n) is 13.5. The number of hydrogen-bond donors (Lipinski definition) is 1. The molecule has 0 atom stereocenters. The summed E-state index contributed by atoms with van der Waals surface area (Å²) in [4.78, 5) is 0. The number of fused-ring (bicyclic) bond motifs is 2. The Morgan fingerprint density at radius 3 is 2.40 bits per heavy atom. The van der Waals surface area contributed by atoms with E-state index in [0.717, 1.165) is 22.7 Å². The number of halogens is 1. The molecule has 124 valence electrons. The Morgan fingerprint density at radius 2 is 1.64 bits per heavy atom. The van der Waals surface area contributed by atoms with Gasteiger partial charge in [0.05, 0.1) is 0 Å². The molecular formula is C21H16ClNO2. The Balaban J connectivity index is 1.76. The van der Waals surface area contributed by atoms with Gasteiger partial charge in [-0.2, -0.15) is 0 Å². The molecule has 1 aliphatic heterocycles. The fraction of sp³-hybridized carbons (Fsp3) is 0.143. The van der Waals surface area contributed by atoms with Gasteiger partial charge in [-0.3, -0.25) is 0 Å². The van der Waals surface area contributed by atoms with Crippen LogP contribution in [-0.4, -0.2) is 13.2 Å². The van der Waals surface area contributed by atoms with E-state index in [9.17, 15) is 0 Å². The second-order valence-electron chi connectivity index (χ2n) is 5.18. The lowest BCUT2D eigenvalue weighted by Crippen LogP contribution is -2.04. The molecule has 1 aliphatic rings. The molecule has 2 aromatic rings. The lowest BCUT2D eigenvalue weighted by Gasteiger charge is -2.13. The van der Waals surface area contributed by atoms with E-state index in [0.29, 0.717) is 24.8 Å². The smallest absolute Gasteiger partial charge is 0.149 e. The fourth-order valence-electron chi connectivity index (χ4n) is 2.19. The van der Waals surface area contributed by atoms with Crippen LogP contribution in [-0.2, 0) is 6.54 Å². The zero-order valence-corrected chi connectivity index (χ0v) is 14.3. The van der Waals surface area contributed by atoms with Crippen LogP contribution in [0.5, 0.6) is 11.5 Å². The van der Waals surface area contributed by atoms with Crippen molar-refractivity contribution >= 4 is 17.3 Å². The lowest BCUT2D eigenvalue weighted by molar-refractivity contribution is 0.349. The number of anilines is 1. The summed E-state index contributed by atoms with van der Waals surface area (Å²) >= 11 is 5.91. The minimum absolute atomic E-state index is 0.301. The van der Waals surface area contributed by atoms with Crippen LogP contribution < -0.4 is 14.8 Å². The molecule has 0 radical (unpaired) electrons. The monoisotopic (exact) mass is 349 g/mol. The first-order valence-corrected chi connectivity index (χ1v) is 8.19. The van der Waals surface area contributed by atoms with Gasteiger partial charge in [-0.25, -0.2) is 0 Å². The predicted octanol–water partition coefficient (Wildman–Crippen LogP) is 4.29. The highest BCUT2D eigenvalue weighted by molar-refractivity contribution is 6.30. The van der Waals surface area contributed by atoms with Crippen molar-refractivity contribution in [3.63, 3.8) is 0 Å². The Kier molecular flexibility index (Phi) is 5.88. The van der Waals surface area contributed by atoms with E-state index >= 15 is 0 Å². The number of allylic oxidation sites excluding steroid dienone is 2. The van der Waals surface area contributed by atoms with Crippen LogP contribution >= 0.6 is 11.6 Å². The summed E-state index contributed by atoms with van der Waals surface area (Å²) in [7, 11) is 0. The maximum atomic E-state index is 5.91. The average molecular weight is 350 g/mol. The van der Waals surface area contributed by atoms with E-state index in [1.807, 2.05) is 42.5 Å². The number of ether oxygens (including phenoxy) is 2. The number of nitrogens with one attached hydrogen (secondary N) is 1. The summed E-state index contributed by atoms with van der Waals surface area (Å²) in [6, 6.07) is 13.3. The van der Waals surface area contributed by atoms with Crippen molar-refractivity contribution < 1.29 is 9.47 Å². The lowest BCUT2D eigenvalue weighted by atomic mass is 10.2. The SMILES string of the molecule is Clc1ccc(NCc2ccc3cc2OCC#C/C=C\C#CCO3)cc1. The second-order valence-corrected chi connectivity index (χ2v) is 5.62. The average Bonchev–Trinajstić information content (AvgIpc) is 2.65. The van der Waals surface area contributed by atoms with Crippen LogP contribution in [0.3, 0.4) is 0 Å². The largest absolute Gasteiger partial charge is 0.481 e. The second kappa shape index (κ2) is 8.73. The van der Waals surface area contributed by atoms with E-state index in [1.54, 1.807) is 12.2 Å². The molecule has 2 bridgehead atoms. The third-order valence-corrected chi connectivity index (χ3v) is 3.68. The van der Waals surface area contributed by atoms with Crippen molar-refractivity contribution in [3.05, 3.63) is 65.2 Å². The van der Waals surface area contributed by atoms with Gasteiger partial charge in [0.15, 0.2) is 0 Å². The fourth-order valence-corrected chi connectivity index (χ4v) is 2.31. The van der Waals surface area contributed by atoms with Gasteiger partial charge in [-0.15, -0.1) is 0 Å². The Bertz CT molecular complexity index is 880. The highest BCUT2D eigenvalue weighted by atomic mass is 35.5. The van der Waals surface area contributed by atoms with Crippen LogP contribution in [0.25, 0.3) is 0 Å². The van der Waals surface area contributed by atoms with Gasteiger partial charge in [0.25, 0.3) is 0 Å². The third kappa shape index (κ3) is 5.24. The standard InChI is InChI=1S/C21H16ClNO2/c22-18-8-10-19(11-9-18)23-16-17-7-12-20-15-21(17)25-14-6-4-2-1-3-5-13-24-20/h1-2,7-12,15,23H,13-14,16H2/b2-1-. The molecule has 1 heterocycles. The van der Waals surface area contributed by atoms with Gasteiger partial charge >= 0.3 is 0 Å². The van der Waals surface area contributed by atoms with Crippen LogP contribution in [0.4, 0.5) is 5.69 Å². The summed E-state index contributed by atoms with van der Waals surface area (Å²) < 4.78 is 11.4. The van der Waals surface area contributed by atoms with Crippen molar-refractivity contribution in [2.24, 2.45) is 0 Å². The third-order valence-electron chi connectivity index (χ3n) is 3.43. The molecule has 3 nitrogen and oxygen atoms in total. The topological polar surface area (TPSA) is 30.5 Å². The minimum atomic E-state index is 0.301. The summed E-state index contributed by atoms with van der Waals surface area (Å²) in [5.41, 5.74) is 2.00. The maximum absolute atomic E-state index is 5.91. The van der Waals surface area contributed by atoms with Crippen LogP contribution in [0.2, 0.25) is 5.02 Å². The number of rotatable bonds is 3. The van der Waals surface area contributed by atoms with Crippen molar-refractivity contribution in [2.75, 3.05) is 18.5 Å². The highest BCUT2D eigenvalue weighted by Crippen LogP contribution is 2.26. The number of benzene rings is 2. The van der Waals surface area contributed by atoms with Crippen LogP contribution in [0.15, 0.2) is 54.6 Å². The Labute approximate surface area is 152 Å². The minimum Gasteiger partial charge on any atom is -0.481 e. The van der Waals surface area contributed by atoms with Gasteiger partial charge in [0.2, 0.25) is 0 Å². The molecule has 0 unspecified atom stereocenters. The molecule has 2 aromatic carbocycles. The zero-order chi connectivity index (χ0) is 17.3. The van der Waals surface area contributed by atoms with Crippen LogP contribution in [0.1, 0.15) is 5.56 Å². The van der Waals surface area contributed by atoms with E-state index < -0.39 is 0 Å². The van der Waals surface area contributed by atoms with Crippen molar-refractivity contribution in [3.8, 4) is 35.2 Å². The molecule has 4 heteroatoms. The van der Waals surface area contributed by atoms with Gasteiger partial charge in [-0.1, -0.05) is 35.3 Å². The first-order chi connectivity index (χ1) is 12.3. The van der Waals surface area contributed by atoms with E-state index in [1.165, 1.54) is 0 Å². The summed E-state index contributed by atoms with van der Waals surface area (Å²) in [5.74, 6) is 13.1. The first kappa shape index (κ1) is 16.8. The maximum Gasteiger partial charge on any atom is 0.149 e. The number of hydrogen-bond acceptors (Lipinski definition) is 3. The first-order valence-electron chi connectivity index (χ1n) is 7.81. The molecule has 0 saturated carbocycles. The Hall–Kier alpha value is -3.01. The molecule has 0 saturated heterocycles. The molecule has 1 N–H and O–H groups in total. The van der Waals surface area contributed by atoms with Crippen molar-refractivity contribution in [1.29, 1.82) is 0 Å². The molecule has 0 spiro atoms. The van der Waals surface area contributed by atoms with E-state index in [2.05, 4.69) is 29.0 Å². The van der Waals surface area contributed by atoms with Crippen molar-refractivity contribution in [1.82, 2.24) is 0 Å². The van der Waals surface area contributed by atoms with E-state index in [-0.39, 0.29) is 0 Å². The van der Waals surface area contributed by atoms with Gasteiger partial charge < -0.3 is 14.8 Å². The molecule has 3 rings (SSSR count). The van der Waals surface area contributed by atoms with Gasteiger partial charge in [0, 0.05) is 28.9 Å². The summed E-state index contributed by atoms with van der Waals surface area (Å²) in [5, 5.41) is 4.07. The highest BCUT2D eigenvalue weighted by Gasteiger charge is 2.07. The molecule has 0 amide bonds. The van der Waals surface area contributed by atoms with Crippen molar-refractivity contribution in [2.45, 2.75) is 6.54 Å². The van der Waals surface area contributed by atoms with Gasteiger partial charge in [-0.05, 0) is 48.6 Å². The quantitative estimate of drug-likeness (QED) is 0.839. The summed E-state index contributed by atoms with van der Waals surface area (Å²) in [6.45, 7) is 1.24. The Morgan fingerprint density at radius 1 is 0.920 bits per heavy atom. The molecule has 0 aromatic heterocycles. The molecule has 0 fully saturated rings. The van der Waals surface area contributed by atoms with Crippen LogP contribution in [0, 0.1) is 23.7 Å². The molecular weight excluding hydrogens is 334 g/mol. The molecule has 0 aliphatic carbocycles. The normalized spacial score (nSPS) is 13.8. The summed E-state index contributed by atoms with van der Waals surface area (Å²) in [6.07, 6.45) is 3.40. The van der Waals surface area contributed by atoms with Gasteiger partial charge in [0.1, 0.15) is 24.7 Å². The molecule has 25 heavy (non-hydrogen) atoms.